The number of hydrogen-bond donors (Lipinski definition) is 1. The fourth-order valence-electron chi connectivity index (χ4n) is 3.49. The van der Waals surface area contributed by atoms with Gasteiger partial charge in [-0.15, -0.1) is 6.58 Å². The van der Waals surface area contributed by atoms with Gasteiger partial charge in [0.1, 0.15) is 5.41 Å². The van der Waals surface area contributed by atoms with Crippen LogP contribution >= 0.6 is 11.6 Å². The molecule has 0 spiro atoms. The number of nitrogens with zero attached hydrogens (tertiary/aromatic N) is 2. The van der Waals surface area contributed by atoms with Crippen molar-refractivity contribution in [3.8, 4) is 0 Å². The number of amides is 2. The summed E-state index contributed by atoms with van der Waals surface area (Å²) < 4.78 is 43.6. The second-order valence-electron chi connectivity index (χ2n) is 7.31. The maximum atomic E-state index is 13.0. The number of hydrazone groups is 1. The lowest BCUT2D eigenvalue weighted by Crippen LogP contribution is -2.44. The Bertz CT molecular complexity index is 1070. The van der Waals surface area contributed by atoms with Gasteiger partial charge in [0.05, 0.1) is 24.4 Å². The molecule has 1 aliphatic rings. The van der Waals surface area contributed by atoms with E-state index in [1.165, 1.54) is 0 Å². The van der Waals surface area contributed by atoms with Crippen LogP contribution in [0.15, 0.2) is 66.3 Å². The summed E-state index contributed by atoms with van der Waals surface area (Å²) in [5.41, 5.74) is -1.12. The molecule has 1 N–H and O–H groups in total. The Morgan fingerprint density at radius 2 is 1.85 bits per heavy atom. The third-order valence-corrected chi connectivity index (χ3v) is 5.32. The number of rotatable bonds is 6. The first-order chi connectivity index (χ1) is 15.6. The average Bonchev–Trinajstić information content (AvgIpc) is 3.15. The Hall–Kier alpha value is -3.33. The second kappa shape index (κ2) is 9.66. The molecule has 0 bridgehead atoms. The van der Waals surface area contributed by atoms with Gasteiger partial charge in [-0.25, -0.2) is 9.80 Å². The molecule has 0 saturated carbocycles. The van der Waals surface area contributed by atoms with Crippen LogP contribution in [0.5, 0.6) is 0 Å². The summed E-state index contributed by atoms with van der Waals surface area (Å²) in [4.78, 5) is 25.9. The summed E-state index contributed by atoms with van der Waals surface area (Å²) in [6, 6.07) is 9.92. The molecule has 2 aromatic rings. The summed E-state index contributed by atoms with van der Waals surface area (Å²) in [6.07, 6.45) is -2.80. The van der Waals surface area contributed by atoms with E-state index >= 15 is 0 Å². The highest BCUT2D eigenvalue weighted by Gasteiger charge is 2.51. The van der Waals surface area contributed by atoms with Gasteiger partial charge in [-0.05, 0) is 55.3 Å². The zero-order chi connectivity index (χ0) is 24.2. The number of hydrogen-bond acceptors (Lipinski definition) is 4. The Morgan fingerprint density at radius 1 is 1.21 bits per heavy atom. The van der Waals surface area contributed by atoms with Gasteiger partial charge in [0.15, 0.2) is 0 Å². The van der Waals surface area contributed by atoms with Crippen LogP contribution in [0.25, 0.3) is 0 Å². The first kappa shape index (κ1) is 24.3. The minimum atomic E-state index is -4.49. The normalized spacial score (nSPS) is 18.0. The van der Waals surface area contributed by atoms with Crippen molar-refractivity contribution in [1.82, 2.24) is 5.01 Å². The molecular weight excluding hydrogens is 459 g/mol. The number of anilines is 1. The standard InChI is InChI=1S/C23H21ClF3N3O3/c1-3-13-22(20(31)33-4-2)14-30(29-19(22)15-5-9-17(24)10-6-15)21(32)28-18-11-7-16(8-12-18)23(25,26)27/h3,5-12H,1,4,13-14H2,2H3,(H,28,32). The summed E-state index contributed by atoms with van der Waals surface area (Å²) in [5.74, 6) is -0.566. The number of benzene rings is 2. The van der Waals surface area contributed by atoms with Crippen LogP contribution < -0.4 is 5.32 Å². The van der Waals surface area contributed by atoms with E-state index in [1.54, 1.807) is 37.3 Å². The molecular formula is C23H21ClF3N3O3. The van der Waals surface area contributed by atoms with Crippen molar-refractivity contribution in [1.29, 1.82) is 0 Å². The third-order valence-electron chi connectivity index (χ3n) is 5.07. The van der Waals surface area contributed by atoms with Crippen molar-refractivity contribution in [2.24, 2.45) is 10.5 Å². The van der Waals surface area contributed by atoms with Crippen molar-refractivity contribution in [3.05, 3.63) is 77.3 Å². The molecule has 2 aromatic carbocycles. The van der Waals surface area contributed by atoms with Crippen molar-refractivity contribution >= 4 is 35.0 Å². The highest BCUT2D eigenvalue weighted by molar-refractivity contribution is 6.30. The molecule has 2 amide bonds. The quantitative estimate of drug-likeness (QED) is 0.424. The first-order valence-electron chi connectivity index (χ1n) is 9.99. The number of alkyl halides is 3. The Balaban J connectivity index is 1.93. The van der Waals surface area contributed by atoms with E-state index in [1.807, 2.05) is 0 Å². The Morgan fingerprint density at radius 3 is 2.39 bits per heavy atom. The molecule has 0 radical (unpaired) electrons. The fraction of sp³-hybridized carbons (Fsp3) is 0.261. The molecule has 33 heavy (non-hydrogen) atoms. The van der Waals surface area contributed by atoms with E-state index in [-0.39, 0.29) is 25.3 Å². The lowest BCUT2D eigenvalue weighted by Gasteiger charge is -2.27. The molecule has 1 atom stereocenters. The van der Waals surface area contributed by atoms with E-state index in [4.69, 9.17) is 16.3 Å². The van der Waals surface area contributed by atoms with Gasteiger partial charge < -0.3 is 10.1 Å². The van der Waals surface area contributed by atoms with Gasteiger partial charge in [-0.1, -0.05) is 29.8 Å². The molecule has 1 aliphatic heterocycles. The number of halogens is 4. The molecule has 0 aliphatic carbocycles. The summed E-state index contributed by atoms with van der Waals surface area (Å²) in [6.45, 7) is 5.39. The number of esters is 1. The zero-order valence-corrected chi connectivity index (χ0v) is 18.4. The SMILES string of the molecule is C=CCC1(C(=O)OCC)CN(C(=O)Nc2ccc(C(F)(F)F)cc2)N=C1c1ccc(Cl)cc1. The van der Waals surface area contributed by atoms with Crippen LogP contribution in [-0.4, -0.2) is 35.9 Å². The number of carbonyl (C=O) groups is 2. The average molecular weight is 480 g/mol. The van der Waals surface area contributed by atoms with Gasteiger partial charge >= 0.3 is 18.2 Å². The fourth-order valence-corrected chi connectivity index (χ4v) is 3.62. The largest absolute Gasteiger partial charge is 0.465 e. The van der Waals surface area contributed by atoms with Gasteiger partial charge in [0.2, 0.25) is 0 Å². The number of urea groups is 1. The van der Waals surface area contributed by atoms with Crippen LogP contribution in [0.3, 0.4) is 0 Å². The highest BCUT2D eigenvalue weighted by atomic mass is 35.5. The van der Waals surface area contributed by atoms with E-state index in [2.05, 4.69) is 17.0 Å². The van der Waals surface area contributed by atoms with Crippen LogP contribution in [0.4, 0.5) is 23.7 Å². The minimum Gasteiger partial charge on any atom is -0.465 e. The molecule has 1 unspecified atom stereocenters. The van der Waals surface area contributed by atoms with Gasteiger partial charge in [0.25, 0.3) is 0 Å². The van der Waals surface area contributed by atoms with Crippen LogP contribution in [0.1, 0.15) is 24.5 Å². The van der Waals surface area contributed by atoms with E-state index in [0.29, 0.717) is 16.3 Å². The number of ether oxygens (including phenoxy) is 1. The van der Waals surface area contributed by atoms with Crippen LogP contribution in [-0.2, 0) is 15.7 Å². The Kier molecular flexibility index (Phi) is 7.12. The lowest BCUT2D eigenvalue weighted by atomic mass is 9.77. The Labute approximate surface area is 193 Å². The lowest BCUT2D eigenvalue weighted by molar-refractivity contribution is -0.151. The van der Waals surface area contributed by atoms with Crippen molar-refractivity contribution in [3.63, 3.8) is 0 Å². The summed E-state index contributed by atoms with van der Waals surface area (Å²) in [5, 5.41) is 8.43. The number of nitrogens with one attached hydrogen (secondary N) is 1. The topological polar surface area (TPSA) is 71.0 Å². The van der Waals surface area contributed by atoms with Gasteiger partial charge in [-0.2, -0.15) is 18.3 Å². The van der Waals surface area contributed by atoms with E-state index in [0.717, 1.165) is 29.3 Å². The molecule has 10 heteroatoms. The van der Waals surface area contributed by atoms with Crippen molar-refractivity contribution in [2.45, 2.75) is 19.5 Å². The van der Waals surface area contributed by atoms with Crippen molar-refractivity contribution < 1.29 is 27.5 Å². The molecule has 0 fully saturated rings. The second-order valence-corrected chi connectivity index (χ2v) is 7.75. The predicted octanol–water partition coefficient (Wildman–Crippen LogP) is 5.74. The maximum absolute atomic E-state index is 13.0. The van der Waals surface area contributed by atoms with E-state index < -0.39 is 29.2 Å². The molecule has 0 saturated heterocycles. The molecule has 6 nitrogen and oxygen atoms in total. The molecule has 1 heterocycles. The molecule has 0 aromatic heterocycles. The monoisotopic (exact) mass is 479 g/mol. The predicted molar refractivity (Wildman–Crippen MR) is 119 cm³/mol. The first-order valence-corrected chi connectivity index (χ1v) is 10.4. The highest BCUT2D eigenvalue weighted by Crippen LogP contribution is 2.37. The molecule has 174 valence electrons. The zero-order valence-electron chi connectivity index (χ0n) is 17.7. The van der Waals surface area contributed by atoms with Crippen molar-refractivity contribution in [2.75, 3.05) is 18.5 Å². The summed E-state index contributed by atoms with van der Waals surface area (Å²) in [7, 11) is 0. The minimum absolute atomic E-state index is 0.128. The van der Waals surface area contributed by atoms with Crippen LogP contribution in [0.2, 0.25) is 5.02 Å². The van der Waals surface area contributed by atoms with Gasteiger partial charge in [-0.3, -0.25) is 4.79 Å². The molecule has 3 rings (SSSR count). The van der Waals surface area contributed by atoms with Gasteiger partial charge in [0, 0.05) is 10.7 Å². The number of allylic oxidation sites excluding steroid dienone is 1. The summed E-state index contributed by atoms with van der Waals surface area (Å²) >= 11 is 5.98. The van der Waals surface area contributed by atoms with E-state index in [9.17, 15) is 22.8 Å². The smallest absolute Gasteiger partial charge is 0.416 e. The third kappa shape index (κ3) is 5.19. The van der Waals surface area contributed by atoms with Crippen LogP contribution in [0, 0.1) is 5.41 Å². The maximum Gasteiger partial charge on any atom is 0.416 e. The number of carbonyl (C=O) groups excluding carboxylic acids is 2.